The second-order valence-corrected chi connectivity index (χ2v) is 6.39. The van der Waals surface area contributed by atoms with Crippen LogP contribution in [0.4, 0.5) is 11.6 Å². The van der Waals surface area contributed by atoms with E-state index in [9.17, 15) is 9.59 Å². The van der Waals surface area contributed by atoms with Gasteiger partial charge in [-0.1, -0.05) is 23.2 Å². The Morgan fingerprint density at radius 2 is 1.64 bits per heavy atom. The van der Waals surface area contributed by atoms with Crippen molar-refractivity contribution >= 4 is 47.2 Å². The smallest absolute Gasteiger partial charge is 0.258 e. The summed E-state index contributed by atoms with van der Waals surface area (Å²) in [5, 5.41) is 3.57. The number of halogens is 2. The Morgan fingerprint density at radius 3 is 2.20 bits per heavy atom. The molecular weight excluding hydrogens is 365 g/mol. The van der Waals surface area contributed by atoms with Crippen LogP contribution in [0.15, 0.2) is 30.6 Å². The normalized spacial score (nSPS) is 14.3. The van der Waals surface area contributed by atoms with E-state index in [1.54, 1.807) is 23.1 Å². The summed E-state index contributed by atoms with van der Waals surface area (Å²) in [6.45, 7) is 2.58. The van der Waals surface area contributed by atoms with Gasteiger partial charge in [-0.25, -0.2) is 9.97 Å². The van der Waals surface area contributed by atoms with Gasteiger partial charge in [0.05, 0.1) is 5.56 Å². The third kappa shape index (κ3) is 4.37. The summed E-state index contributed by atoms with van der Waals surface area (Å²) < 4.78 is 0. The molecule has 130 valence electrons. The lowest BCUT2D eigenvalue weighted by Crippen LogP contribution is -2.46. The van der Waals surface area contributed by atoms with Gasteiger partial charge in [-0.2, -0.15) is 0 Å². The van der Waals surface area contributed by atoms with Gasteiger partial charge in [0.1, 0.15) is 0 Å². The zero-order valence-electron chi connectivity index (χ0n) is 13.2. The fourth-order valence-corrected chi connectivity index (χ4v) is 2.98. The molecule has 0 saturated carbocycles. The number of nitrogens with one attached hydrogen (secondary N) is 1. The number of rotatable bonds is 4. The first-order valence-electron chi connectivity index (χ1n) is 7.59. The molecule has 2 amide bonds. The predicted octanol–water partition coefficient (Wildman–Crippen LogP) is 2.31. The van der Waals surface area contributed by atoms with Gasteiger partial charge in [-0.3, -0.25) is 9.59 Å². The van der Waals surface area contributed by atoms with Gasteiger partial charge < -0.3 is 15.1 Å². The van der Waals surface area contributed by atoms with Crippen molar-refractivity contribution in [3.05, 3.63) is 46.2 Å². The molecule has 1 aromatic heterocycles. The summed E-state index contributed by atoms with van der Waals surface area (Å²) in [5.74, 6) is 0.184. The first kappa shape index (κ1) is 17.4. The van der Waals surface area contributed by atoms with Gasteiger partial charge in [0.25, 0.3) is 5.91 Å². The summed E-state index contributed by atoms with van der Waals surface area (Å²) in [6, 6.07) is 4.79. The van der Waals surface area contributed by atoms with Gasteiger partial charge in [0.15, 0.2) is 0 Å². The molecular formula is C16H15Cl2N5O2. The van der Waals surface area contributed by atoms with Gasteiger partial charge in [0.2, 0.25) is 12.4 Å². The number of anilines is 2. The van der Waals surface area contributed by atoms with Crippen LogP contribution in [0.1, 0.15) is 10.4 Å². The van der Waals surface area contributed by atoms with E-state index >= 15 is 0 Å². The molecule has 7 nitrogen and oxygen atoms in total. The van der Waals surface area contributed by atoms with Crippen LogP contribution in [-0.2, 0) is 4.79 Å². The molecule has 1 aliphatic rings. The lowest BCUT2D eigenvalue weighted by atomic mass is 10.2. The van der Waals surface area contributed by atoms with Crippen molar-refractivity contribution in [2.24, 2.45) is 0 Å². The summed E-state index contributed by atoms with van der Waals surface area (Å²) in [7, 11) is 0. The molecule has 0 aliphatic carbocycles. The lowest BCUT2D eigenvalue weighted by Gasteiger charge is -2.32. The molecule has 3 rings (SSSR count). The highest BCUT2D eigenvalue weighted by Gasteiger charge is 2.18. The van der Waals surface area contributed by atoms with Crippen LogP contribution in [-0.4, -0.2) is 53.4 Å². The van der Waals surface area contributed by atoms with E-state index in [0.717, 1.165) is 6.41 Å². The molecule has 0 atom stereocenters. The van der Waals surface area contributed by atoms with Gasteiger partial charge in [-0.05, 0) is 18.2 Å². The predicted molar refractivity (Wildman–Crippen MR) is 96.3 cm³/mol. The molecule has 1 fully saturated rings. The monoisotopic (exact) mass is 379 g/mol. The van der Waals surface area contributed by atoms with E-state index in [-0.39, 0.29) is 5.91 Å². The standard InChI is InChI=1S/C16H15Cl2N5O2/c17-12-5-13(18)7-14(6-12)21-15(25)11-8-19-16(20-9-11)23-3-1-22(10-24)2-4-23/h5-10H,1-4H2,(H,21,25). The van der Waals surface area contributed by atoms with Crippen molar-refractivity contribution in [1.82, 2.24) is 14.9 Å². The van der Waals surface area contributed by atoms with E-state index in [1.807, 2.05) is 4.90 Å². The lowest BCUT2D eigenvalue weighted by molar-refractivity contribution is -0.118. The number of piperazine rings is 1. The Labute approximate surface area is 154 Å². The topological polar surface area (TPSA) is 78.4 Å². The maximum atomic E-state index is 12.3. The minimum atomic E-state index is -0.351. The first-order chi connectivity index (χ1) is 12.0. The molecule has 2 aromatic rings. The van der Waals surface area contributed by atoms with Crippen LogP contribution < -0.4 is 10.2 Å². The summed E-state index contributed by atoms with van der Waals surface area (Å²) >= 11 is 11.8. The van der Waals surface area contributed by atoms with Crippen molar-refractivity contribution in [2.75, 3.05) is 36.4 Å². The van der Waals surface area contributed by atoms with Crippen LogP contribution in [0.3, 0.4) is 0 Å². The molecule has 1 N–H and O–H groups in total. The molecule has 0 radical (unpaired) electrons. The Bertz CT molecular complexity index is 756. The largest absolute Gasteiger partial charge is 0.342 e. The summed E-state index contributed by atoms with van der Waals surface area (Å²) in [5.41, 5.74) is 0.822. The molecule has 0 bridgehead atoms. The average Bonchev–Trinajstić information content (AvgIpc) is 2.61. The average molecular weight is 380 g/mol. The number of nitrogens with zero attached hydrogens (tertiary/aromatic N) is 4. The zero-order chi connectivity index (χ0) is 17.8. The molecule has 0 unspecified atom stereocenters. The molecule has 1 saturated heterocycles. The number of hydrogen-bond acceptors (Lipinski definition) is 5. The van der Waals surface area contributed by atoms with Crippen LogP contribution >= 0.6 is 23.2 Å². The van der Waals surface area contributed by atoms with E-state index in [4.69, 9.17) is 23.2 Å². The molecule has 9 heteroatoms. The number of hydrogen-bond donors (Lipinski definition) is 1. The van der Waals surface area contributed by atoms with Crippen molar-refractivity contribution < 1.29 is 9.59 Å². The van der Waals surface area contributed by atoms with Crippen molar-refractivity contribution in [3.8, 4) is 0 Å². The van der Waals surface area contributed by atoms with Crippen LogP contribution in [0, 0.1) is 0 Å². The van der Waals surface area contributed by atoms with Crippen LogP contribution in [0.5, 0.6) is 0 Å². The number of carbonyl (C=O) groups excluding carboxylic acids is 2. The van der Waals surface area contributed by atoms with E-state index in [2.05, 4.69) is 15.3 Å². The number of benzene rings is 1. The van der Waals surface area contributed by atoms with Crippen molar-refractivity contribution in [2.45, 2.75) is 0 Å². The number of carbonyl (C=O) groups is 2. The molecule has 1 aromatic carbocycles. The molecule has 1 aliphatic heterocycles. The summed E-state index contributed by atoms with van der Waals surface area (Å²) in [6.07, 6.45) is 3.78. The fourth-order valence-electron chi connectivity index (χ4n) is 2.46. The van der Waals surface area contributed by atoms with Crippen molar-refractivity contribution in [1.29, 1.82) is 0 Å². The third-order valence-corrected chi connectivity index (χ3v) is 4.20. The Kier molecular flexibility index (Phi) is 5.35. The highest BCUT2D eigenvalue weighted by atomic mass is 35.5. The van der Waals surface area contributed by atoms with E-state index in [1.165, 1.54) is 12.4 Å². The second-order valence-electron chi connectivity index (χ2n) is 5.51. The van der Waals surface area contributed by atoms with Crippen LogP contribution in [0.25, 0.3) is 0 Å². The molecule has 25 heavy (non-hydrogen) atoms. The maximum absolute atomic E-state index is 12.3. The Morgan fingerprint density at radius 1 is 1.04 bits per heavy atom. The molecule has 2 heterocycles. The first-order valence-corrected chi connectivity index (χ1v) is 8.34. The number of amides is 2. The van der Waals surface area contributed by atoms with E-state index in [0.29, 0.717) is 53.4 Å². The van der Waals surface area contributed by atoms with Crippen LogP contribution in [0.2, 0.25) is 10.0 Å². The Balaban J connectivity index is 1.65. The Hall–Kier alpha value is -2.38. The highest BCUT2D eigenvalue weighted by Crippen LogP contribution is 2.23. The fraction of sp³-hybridized carbons (Fsp3) is 0.250. The maximum Gasteiger partial charge on any atom is 0.258 e. The highest BCUT2D eigenvalue weighted by molar-refractivity contribution is 6.35. The van der Waals surface area contributed by atoms with Gasteiger partial charge >= 0.3 is 0 Å². The van der Waals surface area contributed by atoms with Gasteiger partial charge in [0, 0.05) is 54.3 Å². The van der Waals surface area contributed by atoms with Crippen molar-refractivity contribution in [3.63, 3.8) is 0 Å². The SMILES string of the molecule is O=CN1CCN(c2ncc(C(=O)Nc3cc(Cl)cc(Cl)c3)cn2)CC1. The third-order valence-electron chi connectivity index (χ3n) is 3.77. The van der Waals surface area contributed by atoms with E-state index < -0.39 is 0 Å². The molecule has 0 spiro atoms. The quantitative estimate of drug-likeness (QED) is 0.824. The zero-order valence-corrected chi connectivity index (χ0v) is 14.7. The second kappa shape index (κ2) is 7.67. The number of aromatic nitrogens is 2. The summed E-state index contributed by atoms with van der Waals surface area (Å²) in [4.78, 5) is 35.2. The minimum Gasteiger partial charge on any atom is -0.342 e. The minimum absolute atomic E-state index is 0.325. The van der Waals surface area contributed by atoms with Gasteiger partial charge in [-0.15, -0.1) is 0 Å².